The first-order valence-electron chi connectivity index (χ1n) is 4.35. The lowest BCUT2D eigenvalue weighted by atomic mass is 10.2. The molecule has 0 aromatic heterocycles. The zero-order valence-corrected chi connectivity index (χ0v) is 9.11. The Morgan fingerprint density at radius 2 is 2.14 bits per heavy atom. The summed E-state index contributed by atoms with van der Waals surface area (Å²) in [5.74, 6) is 0.141. The third-order valence-corrected chi connectivity index (χ3v) is 2.75. The molecule has 78 valence electrons. The molecule has 0 saturated heterocycles. The maximum Gasteiger partial charge on any atom is 0.247 e. The predicted octanol–water partition coefficient (Wildman–Crippen LogP) is 0.996. The molecule has 0 bridgehead atoms. The molecule has 1 atom stereocenters. The molecule has 0 fully saturated rings. The molecule has 1 aliphatic heterocycles. The van der Waals surface area contributed by atoms with E-state index in [0.29, 0.717) is 0 Å². The Hall–Kier alpha value is -1.10. The molecule has 5 heteroatoms. The molecule has 0 spiro atoms. The fourth-order valence-corrected chi connectivity index (χ4v) is 1.55. The molecule has 1 aliphatic rings. The normalized spacial score (nSPS) is 29.9. The maximum atomic E-state index is 11.2. The van der Waals surface area contributed by atoms with Crippen LogP contribution in [-0.2, 0) is 10.0 Å². The van der Waals surface area contributed by atoms with Gasteiger partial charge in [-0.2, -0.15) is 9.52 Å². The third-order valence-electron chi connectivity index (χ3n) is 1.74. The monoisotopic (exact) mass is 214 g/mol. The van der Waals surface area contributed by atoms with E-state index >= 15 is 0 Å². The Bertz CT molecular complexity index is 368. The predicted molar refractivity (Wildman–Crippen MR) is 57.5 cm³/mol. The van der Waals surface area contributed by atoms with Crippen LogP contribution in [0.3, 0.4) is 0 Å². The van der Waals surface area contributed by atoms with E-state index in [-0.39, 0.29) is 12.5 Å². The Morgan fingerprint density at radius 1 is 1.43 bits per heavy atom. The van der Waals surface area contributed by atoms with Crippen LogP contribution in [-0.4, -0.2) is 31.8 Å². The average molecular weight is 214 g/mol. The highest BCUT2D eigenvalue weighted by Crippen LogP contribution is 2.03. The van der Waals surface area contributed by atoms with Gasteiger partial charge in [0.15, 0.2) is 0 Å². The number of hydrogen-bond donors (Lipinski definition) is 0. The SMILES string of the molecule is CC1/C=C\C=C/CN(S(C)(=O)=O)/N=C\1. The number of rotatable bonds is 1. The lowest BCUT2D eigenvalue weighted by Crippen LogP contribution is -2.25. The highest BCUT2D eigenvalue weighted by atomic mass is 32.2. The molecular formula is C9H14N2O2S. The minimum atomic E-state index is -3.25. The summed E-state index contributed by atoms with van der Waals surface area (Å²) < 4.78 is 23.5. The van der Waals surface area contributed by atoms with Crippen molar-refractivity contribution in [2.75, 3.05) is 12.8 Å². The Kier molecular flexibility index (Phi) is 3.46. The van der Waals surface area contributed by atoms with Crippen molar-refractivity contribution >= 4 is 16.2 Å². The molecule has 0 aromatic rings. The smallest absolute Gasteiger partial charge is 0.205 e. The van der Waals surface area contributed by atoms with Gasteiger partial charge in [-0.15, -0.1) is 0 Å². The van der Waals surface area contributed by atoms with Crippen LogP contribution < -0.4 is 0 Å². The number of nitrogens with zero attached hydrogens (tertiary/aromatic N) is 2. The van der Waals surface area contributed by atoms with Crippen LogP contribution in [0.25, 0.3) is 0 Å². The molecule has 0 radical (unpaired) electrons. The summed E-state index contributed by atoms with van der Waals surface area (Å²) >= 11 is 0. The maximum absolute atomic E-state index is 11.2. The lowest BCUT2D eigenvalue weighted by molar-refractivity contribution is 0.468. The summed E-state index contributed by atoms with van der Waals surface area (Å²) in [6.45, 7) is 2.23. The first kappa shape index (κ1) is 11.0. The van der Waals surface area contributed by atoms with Gasteiger partial charge in [0.2, 0.25) is 10.0 Å². The number of hydrazone groups is 1. The van der Waals surface area contributed by atoms with Crippen molar-refractivity contribution in [1.29, 1.82) is 0 Å². The molecule has 1 rings (SSSR count). The van der Waals surface area contributed by atoms with Gasteiger partial charge in [-0.3, -0.25) is 0 Å². The van der Waals surface area contributed by atoms with Gasteiger partial charge in [0.1, 0.15) is 0 Å². The summed E-state index contributed by atoms with van der Waals surface area (Å²) in [7, 11) is -3.25. The average Bonchev–Trinajstić information content (AvgIpc) is 2.15. The zero-order valence-electron chi connectivity index (χ0n) is 8.29. The van der Waals surface area contributed by atoms with Crippen molar-refractivity contribution < 1.29 is 8.42 Å². The highest BCUT2D eigenvalue weighted by Gasteiger charge is 2.11. The quantitative estimate of drug-likeness (QED) is 0.653. The molecular weight excluding hydrogens is 200 g/mol. The van der Waals surface area contributed by atoms with Gasteiger partial charge < -0.3 is 0 Å². The van der Waals surface area contributed by atoms with E-state index in [1.807, 2.05) is 25.2 Å². The first-order chi connectivity index (χ1) is 6.50. The zero-order chi connectivity index (χ0) is 10.6. The molecule has 0 saturated carbocycles. The summed E-state index contributed by atoms with van der Waals surface area (Å²) in [4.78, 5) is 0. The fourth-order valence-electron chi connectivity index (χ4n) is 0.966. The number of sulfonamides is 1. The van der Waals surface area contributed by atoms with Gasteiger partial charge in [-0.25, -0.2) is 8.42 Å². The second-order valence-corrected chi connectivity index (χ2v) is 5.09. The van der Waals surface area contributed by atoms with Crippen LogP contribution in [0.15, 0.2) is 29.4 Å². The van der Waals surface area contributed by atoms with Crippen LogP contribution in [0, 0.1) is 5.92 Å². The molecule has 0 aliphatic carbocycles. The molecule has 1 heterocycles. The van der Waals surface area contributed by atoms with Crippen LogP contribution in [0.5, 0.6) is 0 Å². The van der Waals surface area contributed by atoms with E-state index in [1.54, 1.807) is 12.3 Å². The summed E-state index contributed by atoms with van der Waals surface area (Å²) in [5.41, 5.74) is 0. The van der Waals surface area contributed by atoms with Crippen molar-refractivity contribution in [3.8, 4) is 0 Å². The highest BCUT2D eigenvalue weighted by molar-refractivity contribution is 7.88. The molecule has 4 nitrogen and oxygen atoms in total. The van der Waals surface area contributed by atoms with E-state index in [2.05, 4.69) is 5.10 Å². The van der Waals surface area contributed by atoms with Crippen molar-refractivity contribution in [2.45, 2.75) is 6.92 Å². The minimum absolute atomic E-state index is 0.141. The third kappa shape index (κ3) is 3.33. The van der Waals surface area contributed by atoms with Gasteiger partial charge in [-0.05, 0) is 0 Å². The van der Waals surface area contributed by atoms with Crippen molar-refractivity contribution in [3.05, 3.63) is 24.3 Å². The van der Waals surface area contributed by atoms with E-state index in [4.69, 9.17) is 0 Å². The molecule has 1 unspecified atom stereocenters. The summed E-state index contributed by atoms with van der Waals surface area (Å²) in [6.07, 6.45) is 10.2. The Morgan fingerprint density at radius 3 is 2.79 bits per heavy atom. The second kappa shape index (κ2) is 4.41. The van der Waals surface area contributed by atoms with Gasteiger partial charge in [0.25, 0.3) is 0 Å². The molecule has 0 amide bonds. The first-order valence-corrected chi connectivity index (χ1v) is 6.20. The molecule has 14 heavy (non-hydrogen) atoms. The second-order valence-electron chi connectivity index (χ2n) is 3.20. The number of allylic oxidation sites excluding steroid dienone is 3. The van der Waals surface area contributed by atoms with E-state index in [9.17, 15) is 8.42 Å². The van der Waals surface area contributed by atoms with Gasteiger partial charge >= 0.3 is 0 Å². The van der Waals surface area contributed by atoms with Gasteiger partial charge in [0, 0.05) is 12.1 Å². The minimum Gasteiger partial charge on any atom is -0.205 e. The van der Waals surface area contributed by atoms with Gasteiger partial charge in [-0.1, -0.05) is 31.2 Å². The summed E-state index contributed by atoms with van der Waals surface area (Å²) in [6, 6.07) is 0. The fraction of sp³-hybridized carbons (Fsp3) is 0.444. The topological polar surface area (TPSA) is 49.7 Å². The van der Waals surface area contributed by atoms with Crippen LogP contribution in [0.2, 0.25) is 0 Å². The molecule has 0 aromatic carbocycles. The van der Waals surface area contributed by atoms with Crippen molar-refractivity contribution in [1.82, 2.24) is 4.41 Å². The Balaban J connectivity index is 2.90. The summed E-state index contributed by atoms with van der Waals surface area (Å²) in [5, 5.41) is 3.91. The van der Waals surface area contributed by atoms with Crippen molar-refractivity contribution in [2.24, 2.45) is 11.0 Å². The standard InChI is InChI=1S/C9H14N2O2S/c1-9-6-4-3-5-7-11(10-8-9)14(2,12)13/h3-6,8-9H,7H2,1-2H3/b5-3-,6-4-,10-8-. The lowest BCUT2D eigenvalue weighted by Gasteiger charge is -2.13. The van der Waals surface area contributed by atoms with Crippen LogP contribution in [0.4, 0.5) is 0 Å². The largest absolute Gasteiger partial charge is 0.247 e. The van der Waals surface area contributed by atoms with Gasteiger partial charge in [0.05, 0.1) is 12.8 Å². The van der Waals surface area contributed by atoms with E-state index in [1.165, 1.54) is 0 Å². The molecule has 0 N–H and O–H groups in total. The van der Waals surface area contributed by atoms with E-state index in [0.717, 1.165) is 10.7 Å². The number of hydrogen-bond acceptors (Lipinski definition) is 3. The van der Waals surface area contributed by atoms with Crippen LogP contribution in [0.1, 0.15) is 6.92 Å². The van der Waals surface area contributed by atoms with Crippen molar-refractivity contribution in [3.63, 3.8) is 0 Å². The van der Waals surface area contributed by atoms with E-state index < -0.39 is 10.0 Å². The Labute approximate surface area is 84.7 Å². The van der Waals surface area contributed by atoms with Crippen LogP contribution >= 0.6 is 0 Å².